The van der Waals surface area contributed by atoms with Crippen molar-refractivity contribution in [1.82, 2.24) is 25.4 Å². The van der Waals surface area contributed by atoms with Crippen LogP contribution >= 0.6 is 23.1 Å². The van der Waals surface area contributed by atoms with Gasteiger partial charge in [-0.3, -0.25) is 10.1 Å². The molecule has 30 heavy (non-hydrogen) atoms. The standard InChI is InChI=1S/C21H25N5O2S2/c1-3-22-20(28)23-19(27)15(2)30-21-25-24-18(14-17-10-7-13-29-17)26(21)12-11-16-8-5-4-6-9-16/h4-10,13,15H,3,11-12,14H2,1-2H3,(H2,22,23,27,28). The highest BCUT2D eigenvalue weighted by molar-refractivity contribution is 8.00. The number of hydrogen-bond donors (Lipinski definition) is 2. The van der Waals surface area contributed by atoms with E-state index in [0.29, 0.717) is 24.7 Å². The number of carbonyl (C=O) groups is 2. The Morgan fingerprint density at radius 1 is 1.17 bits per heavy atom. The summed E-state index contributed by atoms with van der Waals surface area (Å²) in [5, 5.41) is 15.9. The van der Waals surface area contributed by atoms with Gasteiger partial charge in [0.2, 0.25) is 5.91 Å². The van der Waals surface area contributed by atoms with Crippen molar-refractivity contribution in [3.8, 4) is 0 Å². The summed E-state index contributed by atoms with van der Waals surface area (Å²) in [6.45, 7) is 4.73. The molecule has 0 aliphatic carbocycles. The first-order valence-electron chi connectivity index (χ1n) is 9.80. The van der Waals surface area contributed by atoms with E-state index in [-0.39, 0.29) is 5.91 Å². The molecule has 9 heteroatoms. The van der Waals surface area contributed by atoms with E-state index >= 15 is 0 Å². The molecule has 3 amide bonds. The molecule has 2 N–H and O–H groups in total. The number of nitrogens with one attached hydrogen (secondary N) is 2. The number of amides is 3. The van der Waals surface area contributed by atoms with E-state index in [1.807, 2.05) is 29.6 Å². The molecular weight excluding hydrogens is 418 g/mol. The quantitative estimate of drug-likeness (QED) is 0.494. The zero-order chi connectivity index (χ0) is 21.3. The van der Waals surface area contributed by atoms with Crippen molar-refractivity contribution in [2.75, 3.05) is 6.54 Å². The van der Waals surface area contributed by atoms with Crippen molar-refractivity contribution in [1.29, 1.82) is 0 Å². The van der Waals surface area contributed by atoms with Crippen LogP contribution in [0, 0.1) is 0 Å². The Labute approximate surface area is 184 Å². The molecule has 7 nitrogen and oxygen atoms in total. The van der Waals surface area contributed by atoms with Gasteiger partial charge in [-0.25, -0.2) is 4.79 Å². The van der Waals surface area contributed by atoms with Crippen LogP contribution in [0.15, 0.2) is 53.0 Å². The second kappa shape index (κ2) is 10.9. The lowest BCUT2D eigenvalue weighted by Gasteiger charge is -2.13. The summed E-state index contributed by atoms with van der Waals surface area (Å²) >= 11 is 2.99. The molecule has 0 bridgehead atoms. The molecular formula is C21H25N5O2S2. The molecule has 1 unspecified atom stereocenters. The predicted molar refractivity (Wildman–Crippen MR) is 120 cm³/mol. The molecule has 0 saturated heterocycles. The highest BCUT2D eigenvalue weighted by Crippen LogP contribution is 2.24. The third-order valence-electron chi connectivity index (χ3n) is 4.40. The Hall–Kier alpha value is -2.65. The van der Waals surface area contributed by atoms with E-state index in [1.165, 1.54) is 22.2 Å². The van der Waals surface area contributed by atoms with Crippen LogP contribution in [0.25, 0.3) is 0 Å². The summed E-state index contributed by atoms with van der Waals surface area (Å²) in [7, 11) is 0. The van der Waals surface area contributed by atoms with Crippen molar-refractivity contribution >= 4 is 35.0 Å². The molecule has 2 aromatic heterocycles. The highest BCUT2D eigenvalue weighted by Gasteiger charge is 2.21. The van der Waals surface area contributed by atoms with Crippen molar-refractivity contribution in [2.45, 2.75) is 43.6 Å². The van der Waals surface area contributed by atoms with E-state index in [2.05, 4.69) is 43.6 Å². The average molecular weight is 444 g/mol. The molecule has 0 spiro atoms. The molecule has 0 aliphatic rings. The first-order valence-corrected chi connectivity index (χ1v) is 11.6. The summed E-state index contributed by atoms with van der Waals surface area (Å²) in [4.78, 5) is 25.2. The van der Waals surface area contributed by atoms with Gasteiger partial charge in [0.25, 0.3) is 0 Å². The Balaban J connectivity index is 1.74. The number of urea groups is 1. The van der Waals surface area contributed by atoms with Crippen molar-refractivity contribution in [3.63, 3.8) is 0 Å². The van der Waals surface area contributed by atoms with Gasteiger partial charge < -0.3 is 9.88 Å². The van der Waals surface area contributed by atoms with E-state index in [1.54, 1.807) is 25.2 Å². The topological polar surface area (TPSA) is 88.9 Å². The predicted octanol–water partition coefficient (Wildman–Crippen LogP) is 3.50. The Kier molecular flexibility index (Phi) is 8.04. The Morgan fingerprint density at radius 2 is 1.97 bits per heavy atom. The van der Waals surface area contributed by atoms with E-state index in [4.69, 9.17) is 0 Å². The zero-order valence-electron chi connectivity index (χ0n) is 17.0. The maximum Gasteiger partial charge on any atom is 0.321 e. The summed E-state index contributed by atoms with van der Waals surface area (Å²) in [5.74, 6) is 0.510. The second-order valence-corrected chi connectivity index (χ2v) is 8.99. The summed E-state index contributed by atoms with van der Waals surface area (Å²) in [5.41, 5.74) is 1.23. The van der Waals surface area contributed by atoms with Crippen molar-refractivity contribution in [3.05, 3.63) is 64.1 Å². The fourth-order valence-corrected chi connectivity index (χ4v) is 4.44. The van der Waals surface area contributed by atoms with Crippen LogP contribution in [0.5, 0.6) is 0 Å². The number of aromatic nitrogens is 3. The summed E-state index contributed by atoms with van der Waals surface area (Å²) < 4.78 is 2.08. The number of hydrogen-bond acceptors (Lipinski definition) is 6. The van der Waals surface area contributed by atoms with Gasteiger partial charge in [-0.15, -0.1) is 21.5 Å². The van der Waals surface area contributed by atoms with Crippen LogP contribution in [0.4, 0.5) is 4.79 Å². The van der Waals surface area contributed by atoms with Crippen LogP contribution < -0.4 is 10.6 Å². The normalized spacial score (nSPS) is 11.8. The maximum atomic E-state index is 12.3. The van der Waals surface area contributed by atoms with Crippen LogP contribution in [0.1, 0.15) is 30.1 Å². The number of nitrogens with zero attached hydrogens (tertiary/aromatic N) is 3. The van der Waals surface area contributed by atoms with Gasteiger partial charge in [-0.05, 0) is 37.3 Å². The van der Waals surface area contributed by atoms with Gasteiger partial charge in [-0.2, -0.15) is 0 Å². The number of thiophene rings is 1. The lowest BCUT2D eigenvalue weighted by atomic mass is 10.1. The number of benzene rings is 1. The Bertz CT molecular complexity index is 957. The number of aryl methyl sites for hydroxylation is 1. The van der Waals surface area contributed by atoms with Gasteiger partial charge in [0.15, 0.2) is 5.16 Å². The fraction of sp³-hybridized carbons (Fsp3) is 0.333. The van der Waals surface area contributed by atoms with Crippen molar-refractivity contribution in [2.24, 2.45) is 0 Å². The number of rotatable bonds is 9. The monoisotopic (exact) mass is 443 g/mol. The van der Waals surface area contributed by atoms with Gasteiger partial charge in [-0.1, -0.05) is 48.2 Å². The van der Waals surface area contributed by atoms with E-state index in [9.17, 15) is 9.59 Å². The van der Waals surface area contributed by atoms with Crippen molar-refractivity contribution < 1.29 is 9.59 Å². The van der Waals surface area contributed by atoms with Gasteiger partial charge in [0.1, 0.15) is 5.82 Å². The maximum absolute atomic E-state index is 12.3. The van der Waals surface area contributed by atoms with E-state index < -0.39 is 11.3 Å². The van der Waals surface area contributed by atoms with Gasteiger partial charge >= 0.3 is 6.03 Å². The zero-order valence-corrected chi connectivity index (χ0v) is 18.6. The first kappa shape index (κ1) is 22.0. The molecule has 3 rings (SSSR count). The number of thioether (sulfide) groups is 1. The molecule has 0 fully saturated rings. The number of carbonyl (C=O) groups excluding carboxylic acids is 2. The molecule has 158 valence electrons. The third kappa shape index (κ3) is 6.17. The summed E-state index contributed by atoms with van der Waals surface area (Å²) in [6, 6.07) is 13.9. The smallest absolute Gasteiger partial charge is 0.321 e. The molecule has 1 atom stereocenters. The van der Waals surface area contributed by atoms with Crippen LogP contribution in [0.3, 0.4) is 0 Å². The molecule has 0 saturated carbocycles. The second-order valence-electron chi connectivity index (χ2n) is 6.65. The lowest BCUT2D eigenvalue weighted by Crippen LogP contribution is -2.42. The average Bonchev–Trinajstić information content (AvgIpc) is 3.38. The lowest BCUT2D eigenvalue weighted by molar-refractivity contribution is -0.119. The van der Waals surface area contributed by atoms with Crippen LogP contribution in [-0.2, 0) is 24.2 Å². The van der Waals surface area contributed by atoms with E-state index in [0.717, 1.165) is 12.2 Å². The third-order valence-corrected chi connectivity index (χ3v) is 6.36. The minimum absolute atomic E-state index is 0.358. The summed E-state index contributed by atoms with van der Waals surface area (Å²) in [6.07, 6.45) is 1.53. The molecule has 1 aromatic carbocycles. The number of imide groups is 1. The SMILES string of the molecule is CCNC(=O)NC(=O)C(C)Sc1nnc(Cc2cccs2)n1CCc1ccccc1. The van der Waals surface area contributed by atoms with Crippen LogP contribution in [0.2, 0.25) is 0 Å². The minimum atomic E-state index is -0.487. The van der Waals surface area contributed by atoms with Crippen LogP contribution in [-0.4, -0.2) is 38.5 Å². The fourth-order valence-electron chi connectivity index (χ4n) is 2.85. The van der Waals surface area contributed by atoms with Gasteiger partial charge in [0, 0.05) is 24.4 Å². The molecule has 3 aromatic rings. The minimum Gasteiger partial charge on any atom is -0.338 e. The Morgan fingerprint density at radius 3 is 2.67 bits per heavy atom. The van der Waals surface area contributed by atoms with Gasteiger partial charge in [0.05, 0.1) is 5.25 Å². The molecule has 2 heterocycles. The highest BCUT2D eigenvalue weighted by atomic mass is 32.2. The molecule has 0 radical (unpaired) electrons. The first-order chi connectivity index (χ1) is 14.6. The molecule has 0 aliphatic heterocycles. The largest absolute Gasteiger partial charge is 0.338 e.